The summed E-state index contributed by atoms with van der Waals surface area (Å²) < 4.78 is 0. The predicted molar refractivity (Wildman–Crippen MR) is 74.9 cm³/mol. The Morgan fingerprint density at radius 3 is 2.53 bits per heavy atom. The van der Waals surface area contributed by atoms with Gasteiger partial charge in [0.05, 0.1) is 17.7 Å². The molecule has 110 valence electrons. The van der Waals surface area contributed by atoms with Crippen molar-refractivity contribution in [2.45, 2.75) is 57.2 Å². The van der Waals surface area contributed by atoms with Gasteiger partial charge >= 0.3 is 0 Å². The van der Waals surface area contributed by atoms with Gasteiger partial charge in [0, 0.05) is 26.2 Å². The molecular formula is C14H27N3O2. The molecule has 0 aromatic carbocycles. The molecule has 0 spiro atoms. The van der Waals surface area contributed by atoms with E-state index in [1.54, 1.807) is 0 Å². The van der Waals surface area contributed by atoms with Crippen LogP contribution in [-0.2, 0) is 4.79 Å². The number of aliphatic hydroxyl groups excluding tert-OH is 1. The maximum absolute atomic E-state index is 12.5. The van der Waals surface area contributed by atoms with E-state index in [0.29, 0.717) is 0 Å². The van der Waals surface area contributed by atoms with Gasteiger partial charge in [0.15, 0.2) is 0 Å². The van der Waals surface area contributed by atoms with Crippen LogP contribution < -0.4 is 10.6 Å². The fraction of sp³-hybridized carbons (Fsp3) is 0.929. The number of carbonyl (C=O) groups excluding carboxylic acids is 1. The summed E-state index contributed by atoms with van der Waals surface area (Å²) >= 11 is 0. The number of hydrogen-bond donors (Lipinski definition) is 3. The molecule has 0 bridgehead atoms. The van der Waals surface area contributed by atoms with E-state index in [9.17, 15) is 9.90 Å². The first kappa shape index (κ1) is 14.8. The highest BCUT2D eigenvalue weighted by Crippen LogP contribution is 2.21. The first-order valence-corrected chi connectivity index (χ1v) is 7.46. The Morgan fingerprint density at radius 2 is 1.89 bits per heavy atom. The normalized spacial score (nSPS) is 30.1. The highest BCUT2D eigenvalue weighted by molar-refractivity contribution is 5.85. The molecule has 0 aromatic rings. The van der Waals surface area contributed by atoms with Crippen molar-refractivity contribution in [3.63, 3.8) is 0 Å². The number of rotatable bonds is 3. The predicted octanol–water partition coefficient (Wildman–Crippen LogP) is 0.0899. The Balaban J connectivity index is 1.93. The Kier molecular flexibility index (Phi) is 4.81. The molecule has 2 aliphatic rings. The topological polar surface area (TPSA) is 64.6 Å². The van der Waals surface area contributed by atoms with Crippen molar-refractivity contribution in [1.29, 1.82) is 0 Å². The van der Waals surface area contributed by atoms with Crippen molar-refractivity contribution in [2.75, 3.05) is 26.2 Å². The summed E-state index contributed by atoms with van der Waals surface area (Å²) in [7, 11) is 0. The van der Waals surface area contributed by atoms with Gasteiger partial charge in [0.1, 0.15) is 0 Å². The highest BCUT2D eigenvalue weighted by Gasteiger charge is 2.37. The van der Waals surface area contributed by atoms with Gasteiger partial charge in [0.2, 0.25) is 5.91 Å². The van der Waals surface area contributed by atoms with E-state index in [2.05, 4.69) is 15.5 Å². The van der Waals surface area contributed by atoms with E-state index >= 15 is 0 Å². The van der Waals surface area contributed by atoms with Crippen LogP contribution in [0.4, 0.5) is 0 Å². The molecule has 5 heteroatoms. The van der Waals surface area contributed by atoms with Crippen LogP contribution in [0, 0.1) is 0 Å². The maximum atomic E-state index is 12.5. The summed E-state index contributed by atoms with van der Waals surface area (Å²) in [6.07, 6.45) is 3.48. The number of nitrogens with one attached hydrogen (secondary N) is 2. The molecule has 19 heavy (non-hydrogen) atoms. The zero-order valence-electron chi connectivity index (χ0n) is 12.1. The molecule has 5 nitrogen and oxygen atoms in total. The lowest BCUT2D eigenvalue weighted by molar-refractivity contribution is -0.134. The summed E-state index contributed by atoms with van der Waals surface area (Å²) in [5, 5.41) is 16.3. The van der Waals surface area contributed by atoms with E-state index in [1.165, 1.54) is 0 Å². The summed E-state index contributed by atoms with van der Waals surface area (Å²) in [5.74, 6) is 0.0420. The van der Waals surface area contributed by atoms with Crippen LogP contribution >= 0.6 is 0 Å². The number of carbonyl (C=O) groups is 1. The van der Waals surface area contributed by atoms with Crippen molar-refractivity contribution in [3.8, 4) is 0 Å². The largest absolute Gasteiger partial charge is 0.391 e. The number of aliphatic hydroxyl groups is 1. The monoisotopic (exact) mass is 269 g/mol. The SMILES string of the molecule is CC(C)(C(=O)N[C@@H]1CCCC[C@H]1O)N1CCNCC1. The van der Waals surface area contributed by atoms with Crippen LogP contribution in [0.3, 0.4) is 0 Å². The number of hydrogen-bond acceptors (Lipinski definition) is 4. The van der Waals surface area contributed by atoms with Gasteiger partial charge in [-0.3, -0.25) is 9.69 Å². The Hall–Kier alpha value is -0.650. The second-order valence-electron chi connectivity index (χ2n) is 6.23. The third kappa shape index (κ3) is 3.46. The molecule has 0 aromatic heterocycles. The van der Waals surface area contributed by atoms with Gasteiger partial charge in [-0.05, 0) is 26.7 Å². The van der Waals surface area contributed by atoms with Crippen molar-refractivity contribution in [3.05, 3.63) is 0 Å². The van der Waals surface area contributed by atoms with Gasteiger partial charge in [-0.1, -0.05) is 12.8 Å². The number of piperazine rings is 1. The lowest BCUT2D eigenvalue weighted by atomic mass is 9.91. The molecule has 0 unspecified atom stereocenters. The molecule has 1 saturated carbocycles. The average Bonchev–Trinajstić information content (AvgIpc) is 2.42. The summed E-state index contributed by atoms with van der Waals surface area (Å²) in [6, 6.07) is -0.0663. The molecule has 2 atom stereocenters. The van der Waals surface area contributed by atoms with E-state index in [1.807, 2.05) is 13.8 Å². The minimum Gasteiger partial charge on any atom is -0.391 e. The first-order chi connectivity index (χ1) is 9.01. The summed E-state index contributed by atoms with van der Waals surface area (Å²) in [4.78, 5) is 14.7. The average molecular weight is 269 g/mol. The minimum absolute atomic E-state index is 0.0420. The smallest absolute Gasteiger partial charge is 0.240 e. The second kappa shape index (κ2) is 6.20. The number of nitrogens with zero attached hydrogens (tertiary/aromatic N) is 1. The van der Waals surface area contributed by atoms with Crippen LogP contribution in [0.2, 0.25) is 0 Å². The molecule has 2 rings (SSSR count). The molecular weight excluding hydrogens is 242 g/mol. The molecule has 2 fully saturated rings. The zero-order chi connectivity index (χ0) is 13.9. The molecule has 1 aliphatic heterocycles. The Morgan fingerprint density at radius 1 is 1.26 bits per heavy atom. The third-order valence-electron chi connectivity index (χ3n) is 4.51. The number of amides is 1. The van der Waals surface area contributed by atoms with Gasteiger partial charge in [-0.2, -0.15) is 0 Å². The third-order valence-corrected chi connectivity index (χ3v) is 4.51. The minimum atomic E-state index is -0.501. The van der Waals surface area contributed by atoms with E-state index in [0.717, 1.165) is 51.9 Å². The second-order valence-corrected chi connectivity index (χ2v) is 6.23. The van der Waals surface area contributed by atoms with Crippen LogP contribution in [0.25, 0.3) is 0 Å². The fourth-order valence-corrected chi connectivity index (χ4v) is 2.99. The molecule has 1 aliphatic carbocycles. The maximum Gasteiger partial charge on any atom is 0.240 e. The van der Waals surface area contributed by atoms with Crippen molar-refractivity contribution < 1.29 is 9.90 Å². The highest BCUT2D eigenvalue weighted by atomic mass is 16.3. The summed E-state index contributed by atoms with van der Waals surface area (Å²) in [5.41, 5.74) is -0.501. The van der Waals surface area contributed by atoms with Gasteiger partial charge < -0.3 is 15.7 Å². The van der Waals surface area contributed by atoms with E-state index < -0.39 is 5.54 Å². The Bertz CT molecular complexity index is 314. The van der Waals surface area contributed by atoms with Crippen LogP contribution in [0.5, 0.6) is 0 Å². The van der Waals surface area contributed by atoms with Crippen molar-refractivity contribution >= 4 is 5.91 Å². The molecule has 1 heterocycles. The fourth-order valence-electron chi connectivity index (χ4n) is 2.99. The van der Waals surface area contributed by atoms with E-state index in [-0.39, 0.29) is 18.1 Å². The Labute approximate surface area is 115 Å². The van der Waals surface area contributed by atoms with Crippen LogP contribution in [0.15, 0.2) is 0 Å². The van der Waals surface area contributed by atoms with Gasteiger partial charge in [0.25, 0.3) is 0 Å². The summed E-state index contributed by atoms with van der Waals surface area (Å²) in [6.45, 7) is 7.61. The molecule has 1 saturated heterocycles. The standard InChI is InChI=1S/C14H27N3O2/c1-14(2,17-9-7-15-8-10-17)13(19)16-11-5-3-4-6-12(11)18/h11-12,15,18H,3-10H2,1-2H3,(H,16,19)/t11-,12-/m1/s1. The quantitative estimate of drug-likeness (QED) is 0.679. The van der Waals surface area contributed by atoms with Crippen molar-refractivity contribution in [2.24, 2.45) is 0 Å². The molecule has 3 N–H and O–H groups in total. The molecule has 1 amide bonds. The lowest BCUT2D eigenvalue weighted by Gasteiger charge is -2.41. The van der Waals surface area contributed by atoms with Gasteiger partial charge in [-0.15, -0.1) is 0 Å². The van der Waals surface area contributed by atoms with E-state index in [4.69, 9.17) is 0 Å². The van der Waals surface area contributed by atoms with Crippen molar-refractivity contribution in [1.82, 2.24) is 15.5 Å². The van der Waals surface area contributed by atoms with Crippen LogP contribution in [0.1, 0.15) is 39.5 Å². The van der Waals surface area contributed by atoms with Gasteiger partial charge in [-0.25, -0.2) is 0 Å². The first-order valence-electron chi connectivity index (χ1n) is 7.46. The molecule has 0 radical (unpaired) electrons. The lowest BCUT2D eigenvalue weighted by Crippen LogP contribution is -2.62. The zero-order valence-corrected chi connectivity index (χ0v) is 12.1. The van der Waals surface area contributed by atoms with Crippen LogP contribution in [-0.4, -0.2) is 59.8 Å².